The lowest BCUT2D eigenvalue weighted by molar-refractivity contribution is 0.364. The topological polar surface area (TPSA) is 56.8 Å². The lowest BCUT2D eigenvalue weighted by Crippen LogP contribution is -2.29. The maximum atomic E-state index is 13.0. The number of nitrogens with zero attached hydrogens (tertiary/aromatic N) is 4. The molecule has 0 saturated carbocycles. The summed E-state index contributed by atoms with van der Waals surface area (Å²) in [4.78, 5) is 13.0. The number of para-hydroxylation sites is 1. The van der Waals surface area contributed by atoms with Gasteiger partial charge in [-0.1, -0.05) is 18.2 Å². The second-order valence-corrected chi connectivity index (χ2v) is 6.91. The third-order valence-electron chi connectivity index (χ3n) is 5.09. The van der Waals surface area contributed by atoms with Crippen LogP contribution in [0.2, 0.25) is 0 Å². The third kappa shape index (κ3) is 3.65. The Kier molecular flexibility index (Phi) is 5.02. The molecule has 0 atom stereocenters. The normalized spacial score (nSPS) is 15.4. The monoisotopic (exact) mass is 351 g/mol. The van der Waals surface area contributed by atoms with E-state index in [2.05, 4.69) is 9.88 Å². The smallest absolute Gasteiger partial charge is 0.350 e. The van der Waals surface area contributed by atoms with Crippen LogP contribution in [0.15, 0.2) is 59.7 Å². The number of aromatic nitrogens is 4. The van der Waals surface area contributed by atoms with Crippen LogP contribution in [-0.4, -0.2) is 32.0 Å². The fraction of sp³-hybridized carbons (Fsp3) is 0.400. The highest BCUT2D eigenvalue weighted by molar-refractivity contribution is 5.32. The second-order valence-electron chi connectivity index (χ2n) is 6.91. The van der Waals surface area contributed by atoms with Crippen molar-refractivity contribution >= 4 is 0 Å². The first-order valence-electron chi connectivity index (χ1n) is 9.37. The van der Waals surface area contributed by atoms with E-state index in [1.165, 1.54) is 0 Å². The molecule has 1 aromatic carbocycles. The molecule has 136 valence electrons. The molecular formula is C20H25N5O. The standard InChI is InChI=1S/C20H25N5O/c26-20-24(15-14-23-12-4-5-13-23)22-19(16-17-8-10-21-11-9-17)25(20)18-6-2-1-3-7-18/h1-7,12-13,17,21H,8-11,14-16H2. The first-order chi connectivity index (χ1) is 12.8. The van der Waals surface area contributed by atoms with E-state index in [-0.39, 0.29) is 5.69 Å². The zero-order chi connectivity index (χ0) is 17.8. The predicted molar refractivity (Wildman–Crippen MR) is 102 cm³/mol. The molecule has 3 aromatic rings. The lowest BCUT2D eigenvalue weighted by atomic mass is 9.94. The maximum Gasteiger partial charge on any atom is 0.350 e. The second kappa shape index (κ2) is 7.74. The minimum absolute atomic E-state index is 0.0488. The van der Waals surface area contributed by atoms with Crippen molar-refractivity contribution in [3.8, 4) is 5.69 Å². The Hall–Kier alpha value is -2.60. The summed E-state index contributed by atoms with van der Waals surface area (Å²) in [7, 11) is 0. The van der Waals surface area contributed by atoms with Crippen molar-refractivity contribution in [2.45, 2.75) is 32.4 Å². The minimum Gasteiger partial charge on any atom is -0.352 e. The van der Waals surface area contributed by atoms with Gasteiger partial charge >= 0.3 is 5.69 Å². The fourth-order valence-electron chi connectivity index (χ4n) is 3.64. The Bertz CT molecular complexity index is 873. The van der Waals surface area contributed by atoms with E-state index in [4.69, 9.17) is 5.10 Å². The number of benzene rings is 1. The average molecular weight is 351 g/mol. The number of nitrogens with one attached hydrogen (secondary N) is 1. The van der Waals surface area contributed by atoms with Gasteiger partial charge < -0.3 is 9.88 Å². The van der Waals surface area contributed by atoms with Crippen LogP contribution in [0.3, 0.4) is 0 Å². The first-order valence-corrected chi connectivity index (χ1v) is 9.37. The highest BCUT2D eigenvalue weighted by atomic mass is 16.2. The molecular weight excluding hydrogens is 326 g/mol. The van der Waals surface area contributed by atoms with E-state index in [0.29, 0.717) is 12.5 Å². The molecule has 26 heavy (non-hydrogen) atoms. The molecule has 2 aromatic heterocycles. The van der Waals surface area contributed by atoms with Crippen molar-refractivity contribution in [2.75, 3.05) is 13.1 Å². The summed E-state index contributed by atoms with van der Waals surface area (Å²) in [6.07, 6.45) is 7.14. The SMILES string of the molecule is O=c1n(CCn2cccc2)nc(CC2CCNCC2)n1-c1ccccc1. The Morgan fingerprint density at radius 3 is 2.46 bits per heavy atom. The predicted octanol–water partition coefficient (Wildman–Crippen LogP) is 2.08. The molecule has 1 aliphatic rings. The minimum atomic E-state index is -0.0488. The van der Waals surface area contributed by atoms with Crippen LogP contribution < -0.4 is 11.0 Å². The molecule has 0 unspecified atom stereocenters. The van der Waals surface area contributed by atoms with Crippen LogP contribution in [-0.2, 0) is 19.5 Å². The van der Waals surface area contributed by atoms with Gasteiger partial charge in [-0.05, 0) is 56.1 Å². The number of aryl methyl sites for hydroxylation is 2. The molecule has 0 radical (unpaired) electrons. The third-order valence-corrected chi connectivity index (χ3v) is 5.09. The number of hydrogen-bond acceptors (Lipinski definition) is 3. The maximum absolute atomic E-state index is 13.0. The highest BCUT2D eigenvalue weighted by Gasteiger charge is 2.20. The summed E-state index contributed by atoms with van der Waals surface area (Å²) < 4.78 is 5.47. The number of hydrogen-bond donors (Lipinski definition) is 1. The lowest BCUT2D eigenvalue weighted by Gasteiger charge is -2.22. The summed E-state index contributed by atoms with van der Waals surface area (Å²) in [5.41, 5.74) is 0.848. The zero-order valence-corrected chi connectivity index (χ0v) is 14.9. The van der Waals surface area contributed by atoms with E-state index in [0.717, 1.165) is 50.4 Å². The van der Waals surface area contributed by atoms with Gasteiger partial charge in [0.15, 0.2) is 0 Å². The molecule has 1 fully saturated rings. The van der Waals surface area contributed by atoms with E-state index < -0.39 is 0 Å². The van der Waals surface area contributed by atoms with Crippen LogP contribution in [0, 0.1) is 5.92 Å². The Labute approximate surface area is 153 Å². The highest BCUT2D eigenvalue weighted by Crippen LogP contribution is 2.18. The van der Waals surface area contributed by atoms with Gasteiger partial charge in [-0.25, -0.2) is 14.0 Å². The summed E-state index contributed by atoms with van der Waals surface area (Å²) in [6.45, 7) is 3.42. The van der Waals surface area contributed by atoms with Crippen molar-refractivity contribution in [1.82, 2.24) is 24.2 Å². The fourth-order valence-corrected chi connectivity index (χ4v) is 3.64. The Morgan fingerprint density at radius 2 is 1.73 bits per heavy atom. The van der Waals surface area contributed by atoms with Crippen LogP contribution in [0.1, 0.15) is 18.7 Å². The van der Waals surface area contributed by atoms with Crippen LogP contribution in [0.25, 0.3) is 5.69 Å². The summed E-state index contributed by atoms with van der Waals surface area (Å²) in [5.74, 6) is 1.46. The molecule has 0 amide bonds. The molecule has 6 nitrogen and oxygen atoms in total. The van der Waals surface area contributed by atoms with Crippen molar-refractivity contribution < 1.29 is 0 Å². The quantitative estimate of drug-likeness (QED) is 0.740. The molecule has 1 aliphatic heterocycles. The van der Waals surface area contributed by atoms with Gasteiger partial charge in [-0.2, -0.15) is 5.10 Å². The molecule has 0 bridgehead atoms. The molecule has 3 heterocycles. The van der Waals surface area contributed by atoms with Gasteiger partial charge in [0.2, 0.25) is 0 Å². The van der Waals surface area contributed by atoms with Crippen molar-refractivity contribution in [2.24, 2.45) is 5.92 Å². The Balaban J connectivity index is 1.63. The van der Waals surface area contributed by atoms with Crippen LogP contribution in [0.4, 0.5) is 0 Å². The number of piperidine rings is 1. The van der Waals surface area contributed by atoms with Crippen molar-refractivity contribution in [3.63, 3.8) is 0 Å². The van der Waals surface area contributed by atoms with Gasteiger partial charge in [-0.3, -0.25) is 0 Å². The summed E-state index contributed by atoms with van der Waals surface area (Å²) in [5, 5.41) is 8.12. The largest absolute Gasteiger partial charge is 0.352 e. The van der Waals surface area contributed by atoms with Crippen LogP contribution >= 0.6 is 0 Å². The molecule has 0 aliphatic carbocycles. The van der Waals surface area contributed by atoms with Crippen LogP contribution in [0.5, 0.6) is 0 Å². The summed E-state index contributed by atoms with van der Waals surface area (Å²) >= 11 is 0. The zero-order valence-electron chi connectivity index (χ0n) is 14.9. The van der Waals surface area contributed by atoms with Gasteiger partial charge in [0.25, 0.3) is 0 Å². The van der Waals surface area contributed by atoms with Gasteiger partial charge in [0.05, 0.1) is 12.2 Å². The Morgan fingerprint density at radius 1 is 1.00 bits per heavy atom. The van der Waals surface area contributed by atoms with Gasteiger partial charge in [0, 0.05) is 25.4 Å². The van der Waals surface area contributed by atoms with E-state index in [1.807, 2.05) is 54.9 Å². The molecule has 1 saturated heterocycles. The molecule has 4 rings (SSSR count). The van der Waals surface area contributed by atoms with E-state index in [1.54, 1.807) is 9.25 Å². The molecule has 1 N–H and O–H groups in total. The summed E-state index contributed by atoms with van der Waals surface area (Å²) in [6, 6.07) is 13.8. The average Bonchev–Trinajstić information content (AvgIpc) is 3.30. The van der Waals surface area contributed by atoms with Crippen molar-refractivity contribution in [1.29, 1.82) is 0 Å². The molecule has 0 spiro atoms. The molecule has 6 heteroatoms. The first kappa shape index (κ1) is 16.8. The van der Waals surface area contributed by atoms with Gasteiger partial charge in [-0.15, -0.1) is 0 Å². The van der Waals surface area contributed by atoms with E-state index in [9.17, 15) is 4.79 Å². The number of rotatable bonds is 6. The van der Waals surface area contributed by atoms with E-state index >= 15 is 0 Å². The van der Waals surface area contributed by atoms with Crippen molar-refractivity contribution in [3.05, 3.63) is 71.2 Å². The van der Waals surface area contributed by atoms with Gasteiger partial charge in [0.1, 0.15) is 5.82 Å².